The number of rotatable bonds is 7. The Morgan fingerprint density at radius 1 is 1.17 bits per heavy atom. The molecule has 2 aromatic rings. The number of hydrogen-bond acceptors (Lipinski definition) is 2. The molecule has 0 saturated heterocycles. The van der Waals surface area contributed by atoms with E-state index in [-0.39, 0.29) is 18.6 Å². The number of carbonyl (C=O) groups excluding carboxylic acids is 1. The van der Waals surface area contributed by atoms with Crippen molar-refractivity contribution in [1.29, 1.82) is 0 Å². The topological polar surface area (TPSA) is 38.3 Å². The summed E-state index contributed by atoms with van der Waals surface area (Å²) in [5.41, 5.74) is 1.26. The van der Waals surface area contributed by atoms with Gasteiger partial charge in [0.1, 0.15) is 5.75 Å². The van der Waals surface area contributed by atoms with E-state index < -0.39 is 0 Å². The fraction of sp³-hybridized carbons (Fsp3) is 0.278. The van der Waals surface area contributed by atoms with Crippen LogP contribution in [0, 0.1) is 0 Å². The van der Waals surface area contributed by atoms with Crippen LogP contribution in [0.2, 0.25) is 10.0 Å². The lowest BCUT2D eigenvalue weighted by molar-refractivity contribution is -0.123. The third-order valence-electron chi connectivity index (χ3n) is 3.37. The van der Waals surface area contributed by atoms with Crippen molar-refractivity contribution >= 4 is 29.1 Å². The maximum Gasteiger partial charge on any atom is 0.258 e. The molecule has 0 bridgehead atoms. The standard InChI is InChI=1S/C18H19Cl2NO2/c1-13(7-8-14-5-3-2-4-6-14)21-18(22)12-23-17-10-9-15(19)11-16(17)20/h2-6,9-11,13H,7-8,12H2,1H3,(H,21,22)/t13-/m1/s1. The molecule has 0 aliphatic carbocycles. The molecule has 0 radical (unpaired) electrons. The van der Waals surface area contributed by atoms with Gasteiger partial charge in [0.25, 0.3) is 5.91 Å². The van der Waals surface area contributed by atoms with E-state index in [4.69, 9.17) is 27.9 Å². The van der Waals surface area contributed by atoms with Crippen LogP contribution >= 0.6 is 23.2 Å². The van der Waals surface area contributed by atoms with Crippen LogP contribution < -0.4 is 10.1 Å². The third kappa shape index (κ3) is 6.12. The average Bonchev–Trinajstić information content (AvgIpc) is 2.53. The first-order valence-electron chi connectivity index (χ1n) is 7.45. The van der Waals surface area contributed by atoms with E-state index in [1.54, 1.807) is 18.2 Å². The van der Waals surface area contributed by atoms with E-state index in [0.717, 1.165) is 12.8 Å². The van der Waals surface area contributed by atoms with Crippen molar-refractivity contribution in [2.45, 2.75) is 25.8 Å². The van der Waals surface area contributed by atoms with E-state index in [1.165, 1.54) is 5.56 Å². The van der Waals surface area contributed by atoms with Crippen molar-refractivity contribution in [3.63, 3.8) is 0 Å². The van der Waals surface area contributed by atoms with Crippen LogP contribution in [0.15, 0.2) is 48.5 Å². The van der Waals surface area contributed by atoms with Crippen LogP contribution in [0.4, 0.5) is 0 Å². The zero-order valence-corrected chi connectivity index (χ0v) is 14.4. The molecule has 1 amide bonds. The van der Waals surface area contributed by atoms with Gasteiger partial charge in [-0.15, -0.1) is 0 Å². The summed E-state index contributed by atoms with van der Waals surface area (Å²) in [4.78, 5) is 11.9. The van der Waals surface area contributed by atoms with Gasteiger partial charge in [0, 0.05) is 11.1 Å². The number of amides is 1. The molecule has 0 heterocycles. The smallest absolute Gasteiger partial charge is 0.258 e. The second-order valence-electron chi connectivity index (χ2n) is 5.36. The van der Waals surface area contributed by atoms with E-state index >= 15 is 0 Å². The molecule has 1 atom stereocenters. The monoisotopic (exact) mass is 351 g/mol. The van der Waals surface area contributed by atoms with Crippen LogP contribution in [0.3, 0.4) is 0 Å². The highest BCUT2D eigenvalue weighted by Gasteiger charge is 2.10. The molecule has 0 saturated carbocycles. The lowest BCUT2D eigenvalue weighted by Gasteiger charge is -2.14. The van der Waals surface area contributed by atoms with Gasteiger partial charge in [0.15, 0.2) is 6.61 Å². The maximum atomic E-state index is 11.9. The van der Waals surface area contributed by atoms with Gasteiger partial charge in [-0.1, -0.05) is 53.5 Å². The summed E-state index contributed by atoms with van der Waals surface area (Å²) in [6, 6.07) is 15.2. The first-order valence-corrected chi connectivity index (χ1v) is 8.21. The predicted octanol–water partition coefficient (Wildman–Crippen LogP) is 4.51. The first kappa shape index (κ1) is 17.6. The third-order valence-corrected chi connectivity index (χ3v) is 3.90. The molecule has 0 aliphatic rings. The Labute approximate surface area is 146 Å². The van der Waals surface area contributed by atoms with Crippen LogP contribution in [0.25, 0.3) is 0 Å². The van der Waals surface area contributed by atoms with Crippen molar-refractivity contribution in [1.82, 2.24) is 5.32 Å². The number of halogens is 2. The molecule has 0 fully saturated rings. The quantitative estimate of drug-likeness (QED) is 0.796. The minimum absolute atomic E-state index is 0.0724. The highest BCUT2D eigenvalue weighted by Crippen LogP contribution is 2.27. The van der Waals surface area contributed by atoms with Gasteiger partial charge in [-0.05, 0) is 43.5 Å². The highest BCUT2D eigenvalue weighted by molar-refractivity contribution is 6.35. The maximum absolute atomic E-state index is 11.9. The number of hydrogen-bond donors (Lipinski definition) is 1. The Morgan fingerprint density at radius 3 is 2.61 bits per heavy atom. The van der Waals surface area contributed by atoms with Crippen LogP contribution in [0.5, 0.6) is 5.75 Å². The normalized spacial score (nSPS) is 11.8. The van der Waals surface area contributed by atoms with E-state index in [1.807, 2.05) is 25.1 Å². The average molecular weight is 352 g/mol. The number of benzene rings is 2. The molecule has 3 nitrogen and oxygen atoms in total. The summed E-state index contributed by atoms with van der Waals surface area (Å²) in [6.07, 6.45) is 1.80. The number of aryl methyl sites for hydroxylation is 1. The Bertz CT molecular complexity index is 647. The zero-order chi connectivity index (χ0) is 16.7. The Kier molecular flexibility index (Phi) is 6.75. The molecule has 0 unspecified atom stereocenters. The van der Waals surface area contributed by atoms with Gasteiger partial charge < -0.3 is 10.1 Å². The fourth-order valence-electron chi connectivity index (χ4n) is 2.15. The Balaban J connectivity index is 1.73. The minimum Gasteiger partial charge on any atom is -0.482 e. The molecular weight excluding hydrogens is 333 g/mol. The van der Waals surface area contributed by atoms with E-state index in [2.05, 4.69) is 17.4 Å². The van der Waals surface area contributed by atoms with E-state index in [0.29, 0.717) is 15.8 Å². The summed E-state index contributed by atoms with van der Waals surface area (Å²) in [6.45, 7) is 1.91. The fourth-order valence-corrected chi connectivity index (χ4v) is 2.62. The van der Waals surface area contributed by atoms with Crippen LogP contribution in [-0.4, -0.2) is 18.6 Å². The minimum atomic E-state index is -0.170. The van der Waals surface area contributed by atoms with Gasteiger partial charge in [-0.2, -0.15) is 0 Å². The lowest BCUT2D eigenvalue weighted by atomic mass is 10.1. The molecule has 122 valence electrons. The molecular formula is C18H19Cl2NO2. The molecule has 0 aliphatic heterocycles. The summed E-state index contributed by atoms with van der Waals surface area (Å²) >= 11 is 11.8. The summed E-state index contributed by atoms with van der Waals surface area (Å²) in [7, 11) is 0. The molecule has 23 heavy (non-hydrogen) atoms. The van der Waals surface area contributed by atoms with E-state index in [9.17, 15) is 4.79 Å². The molecule has 2 aromatic carbocycles. The van der Waals surface area contributed by atoms with Gasteiger partial charge in [-0.25, -0.2) is 0 Å². The number of ether oxygens (including phenoxy) is 1. The van der Waals surface area contributed by atoms with Crippen molar-refractivity contribution in [2.24, 2.45) is 0 Å². The zero-order valence-electron chi connectivity index (χ0n) is 12.9. The first-order chi connectivity index (χ1) is 11.0. The predicted molar refractivity (Wildman–Crippen MR) is 94.3 cm³/mol. The summed E-state index contributed by atoms with van der Waals surface area (Å²) in [5.74, 6) is 0.278. The second kappa shape index (κ2) is 8.80. The van der Waals surface area contributed by atoms with Crippen molar-refractivity contribution < 1.29 is 9.53 Å². The SMILES string of the molecule is C[C@H](CCc1ccccc1)NC(=O)COc1ccc(Cl)cc1Cl. The van der Waals surface area contributed by atoms with Crippen LogP contribution in [-0.2, 0) is 11.2 Å². The lowest BCUT2D eigenvalue weighted by Crippen LogP contribution is -2.36. The van der Waals surface area contributed by atoms with Crippen molar-refractivity contribution in [3.8, 4) is 5.75 Å². The van der Waals surface area contributed by atoms with Gasteiger partial charge >= 0.3 is 0 Å². The Morgan fingerprint density at radius 2 is 1.91 bits per heavy atom. The number of nitrogens with one attached hydrogen (secondary N) is 1. The second-order valence-corrected chi connectivity index (χ2v) is 6.20. The summed E-state index contributed by atoms with van der Waals surface area (Å²) < 4.78 is 5.41. The van der Waals surface area contributed by atoms with Gasteiger partial charge in [-0.3, -0.25) is 4.79 Å². The molecule has 1 N–H and O–H groups in total. The highest BCUT2D eigenvalue weighted by atomic mass is 35.5. The van der Waals surface area contributed by atoms with Gasteiger partial charge in [0.05, 0.1) is 5.02 Å². The van der Waals surface area contributed by atoms with Crippen molar-refractivity contribution in [3.05, 3.63) is 64.1 Å². The largest absolute Gasteiger partial charge is 0.482 e. The van der Waals surface area contributed by atoms with Gasteiger partial charge in [0.2, 0.25) is 0 Å². The molecule has 5 heteroatoms. The number of carbonyl (C=O) groups is 1. The molecule has 2 rings (SSSR count). The molecule has 0 aromatic heterocycles. The Hall–Kier alpha value is -1.71. The van der Waals surface area contributed by atoms with Crippen LogP contribution in [0.1, 0.15) is 18.9 Å². The van der Waals surface area contributed by atoms with Crippen molar-refractivity contribution in [2.75, 3.05) is 6.61 Å². The molecule has 0 spiro atoms. The summed E-state index contributed by atoms with van der Waals surface area (Å²) in [5, 5.41) is 3.84.